The van der Waals surface area contributed by atoms with Gasteiger partial charge in [0, 0.05) is 12.1 Å². The Kier molecular flexibility index (Phi) is 2.56. The minimum Gasteiger partial charge on any atom is -0.388 e. The molecule has 4 heteroatoms. The molecular weight excluding hydrogens is 192 g/mol. The molecule has 1 aliphatic rings. The molecule has 0 aromatic carbocycles. The van der Waals surface area contributed by atoms with Gasteiger partial charge >= 0.3 is 0 Å². The first kappa shape index (κ1) is 10.6. The van der Waals surface area contributed by atoms with Crippen molar-refractivity contribution in [1.29, 1.82) is 0 Å². The van der Waals surface area contributed by atoms with Gasteiger partial charge in [-0.25, -0.2) is 0 Å². The maximum atomic E-state index is 8.85. The molecule has 1 aromatic heterocycles. The summed E-state index contributed by atoms with van der Waals surface area (Å²) in [7, 11) is 0. The van der Waals surface area contributed by atoms with Crippen molar-refractivity contribution < 1.29 is 9.63 Å². The van der Waals surface area contributed by atoms with Crippen LogP contribution in [-0.4, -0.2) is 16.3 Å². The predicted molar refractivity (Wildman–Crippen MR) is 56.0 cm³/mol. The first-order valence-electron chi connectivity index (χ1n) is 5.35. The molecule has 1 saturated carbocycles. The lowest BCUT2D eigenvalue weighted by molar-refractivity contribution is 0.0370. The summed E-state index contributed by atoms with van der Waals surface area (Å²) in [5.74, 6) is 1.11. The summed E-state index contributed by atoms with van der Waals surface area (Å²) in [5, 5.41) is 12.8. The second-order valence-electron chi connectivity index (χ2n) is 5.01. The summed E-state index contributed by atoms with van der Waals surface area (Å²) in [5.41, 5.74) is 7.06. The Labute approximate surface area is 89.4 Å². The molecule has 0 radical (unpaired) electrons. The van der Waals surface area contributed by atoms with Crippen molar-refractivity contribution >= 4 is 0 Å². The van der Waals surface area contributed by atoms with E-state index in [1.54, 1.807) is 0 Å². The van der Waals surface area contributed by atoms with Crippen LogP contribution >= 0.6 is 0 Å². The van der Waals surface area contributed by atoms with Crippen LogP contribution in [0.4, 0.5) is 0 Å². The largest absolute Gasteiger partial charge is 0.388 e. The average Bonchev–Trinajstić information content (AvgIpc) is 2.65. The highest BCUT2D eigenvalue weighted by molar-refractivity contribution is 5.10. The first-order valence-corrected chi connectivity index (χ1v) is 5.35. The minimum atomic E-state index is -0.0828. The van der Waals surface area contributed by atoms with Crippen LogP contribution in [0.1, 0.15) is 31.7 Å². The van der Waals surface area contributed by atoms with Crippen LogP contribution in [0.15, 0.2) is 10.6 Å². The quantitative estimate of drug-likeness (QED) is 0.783. The second kappa shape index (κ2) is 3.61. The minimum absolute atomic E-state index is 0.0828. The number of hydrogen-bond acceptors (Lipinski definition) is 4. The van der Waals surface area contributed by atoms with Crippen LogP contribution in [0.3, 0.4) is 0 Å². The van der Waals surface area contributed by atoms with Crippen LogP contribution in [0.25, 0.3) is 0 Å². The molecule has 3 N–H and O–H groups in total. The summed E-state index contributed by atoms with van der Waals surface area (Å²) in [6, 6.07) is 2.12. The third-order valence-electron chi connectivity index (χ3n) is 3.77. The molecule has 15 heavy (non-hydrogen) atoms. The number of nitrogens with zero attached hydrogens (tertiary/aromatic N) is 1. The lowest BCUT2D eigenvalue weighted by Crippen LogP contribution is -2.55. The SMILES string of the molecule is CC1(C)[C@H](Cc2cc(CO)on2)C[C@@H]1N. The van der Waals surface area contributed by atoms with Crippen LogP contribution in [0, 0.1) is 11.3 Å². The molecule has 4 nitrogen and oxygen atoms in total. The summed E-state index contributed by atoms with van der Waals surface area (Å²) in [6.45, 7) is 4.30. The van der Waals surface area contributed by atoms with Crippen molar-refractivity contribution in [3.8, 4) is 0 Å². The third-order valence-corrected chi connectivity index (χ3v) is 3.77. The highest BCUT2D eigenvalue weighted by Crippen LogP contribution is 2.46. The van der Waals surface area contributed by atoms with E-state index in [-0.39, 0.29) is 12.0 Å². The number of nitrogens with two attached hydrogens (primary N) is 1. The van der Waals surface area contributed by atoms with Gasteiger partial charge in [0.2, 0.25) is 0 Å². The van der Waals surface area contributed by atoms with Crippen LogP contribution < -0.4 is 5.73 Å². The van der Waals surface area contributed by atoms with Gasteiger partial charge in [0.05, 0.1) is 5.69 Å². The fourth-order valence-corrected chi connectivity index (χ4v) is 2.18. The number of rotatable bonds is 3. The highest BCUT2D eigenvalue weighted by atomic mass is 16.5. The summed E-state index contributed by atoms with van der Waals surface area (Å²) in [6.07, 6.45) is 1.94. The Morgan fingerprint density at radius 2 is 2.40 bits per heavy atom. The van der Waals surface area contributed by atoms with E-state index in [2.05, 4.69) is 19.0 Å². The molecule has 1 aromatic rings. The molecule has 0 spiro atoms. The van der Waals surface area contributed by atoms with Crippen molar-refractivity contribution in [2.75, 3.05) is 0 Å². The van der Waals surface area contributed by atoms with Crippen molar-refractivity contribution in [1.82, 2.24) is 5.16 Å². The number of aromatic nitrogens is 1. The zero-order chi connectivity index (χ0) is 11.1. The van der Waals surface area contributed by atoms with E-state index in [4.69, 9.17) is 15.4 Å². The van der Waals surface area contributed by atoms with Crippen LogP contribution in [0.5, 0.6) is 0 Å². The summed E-state index contributed by atoms with van der Waals surface area (Å²) < 4.78 is 4.95. The predicted octanol–water partition coefficient (Wildman–Crippen LogP) is 1.08. The maximum Gasteiger partial charge on any atom is 0.162 e. The molecule has 1 heterocycles. The molecule has 2 rings (SSSR count). The lowest BCUT2D eigenvalue weighted by Gasteiger charge is -2.50. The smallest absolute Gasteiger partial charge is 0.162 e. The molecule has 1 fully saturated rings. The Morgan fingerprint density at radius 3 is 2.87 bits per heavy atom. The zero-order valence-corrected chi connectivity index (χ0v) is 9.23. The Balaban J connectivity index is 1.98. The van der Waals surface area contributed by atoms with Gasteiger partial charge in [0.25, 0.3) is 0 Å². The van der Waals surface area contributed by atoms with Gasteiger partial charge in [-0.1, -0.05) is 19.0 Å². The molecule has 0 bridgehead atoms. The first-order chi connectivity index (χ1) is 7.04. The van der Waals surface area contributed by atoms with Gasteiger partial charge in [0.15, 0.2) is 5.76 Å². The molecule has 84 valence electrons. The average molecular weight is 210 g/mol. The van der Waals surface area contributed by atoms with Crippen molar-refractivity contribution in [3.63, 3.8) is 0 Å². The molecule has 0 unspecified atom stereocenters. The van der Waals surface area contributed by atoms with E-state index in [9.17, 15) is 0 Å². The number of hydrogen-bond donors (Lipinski definition) is 2. The Bertz CT molecular complexity index is 346. The standard InChI is InChI=1S/C11H18N2O2/c1-11(2)7(4-10(11)12)3-8-5-9(6-14)15-13-8/h5,7,10,14H,3-4,6,12H2,1-2H3/t7-,10+/m1/s1. The second-order valence-corrected chi connectivity index (χ2v) is 5.01. The van der Waals surface area contributed by atoms with E-state index in [0.717, 1.165) is 18.5 Å². The van der Waals surface area contributed by atoms with Gasteiger partial charge in [-0.2, -0.15) is 0 Å². The molecule has 0 amide bonds. The zero-order valence-electron chi connectivity index (χ0n) is 9.23. The topological polar surface area (TPSA) is 72.3 Å². The lowest BCUT2D eigenvalue weighted by atomic mass is 9.57. The maximum absolute atomic E-state index is 8.85. The van der Waals surface area contributed by atoms with Gasteiger partial charge in [-0.3, -0.25) is 0 Å². The van der Waals surface area contributed by atoms with Crippen LogP contribution in [0.2, 0.25) is 0 Å². The van der Waals surface area contributed by atoms with Crippen molar-refractivity contribution in [2.45, 2.75) is 39.3 Å². The molecule has 2 atom stereocenters. The Morgan fingerprint density at radius 1 is 1.67 bits per heavy atom. The van der Waals surface area contributed by atoms with Crippen molar-refractivity contribution in [3.05, 3.63) is 17.5 Å². The molecule has 0 saturated heterocycles. The summed E-state index contributed by atoms with van der Waals surface area (Å²) in [4.78, 5) is 0. The van der Waals surface area contributed by atoms with Gasteiger partial charge in [-0.15, -0.1) is 0 Å². The highest BCUT2D eigenvalue weighted by Gasteiger charge is 2.45. The van der Waals surface area contributed by atoms with Gasteiger partial charge in [0.1, 0.15) is 6.61 Å². The Hall–Kier alpha value is -0.870. The molecule has 0 aliphatic heterocycles. The van der Waals surface area contributed by atoms with E-state index < -0.39 is 0 Å². The summed E-state index contributed by atoms with van der Waals surface area (Å²) >= 11 is 0. The monoisotopic (exact) mass is 210 g/mol. The van der Waals surface area contributed by atoms with Gasteiger partial charge < -0.3 is 15.4 Å². The van der Waals surface area contributed by atoms with E-state index in [1.165, 1.54) is 0 Å². The van der Waals surface area contributed by atoms with E-state index >= 15 is 0 Å². The molecule has 1 aliphatic carbocycles. The fourth-order valence-electron chi connectivity index (χ4n) is 2.18. The normalized spacial score (nSPS) is 28.8. The van der Waals surface area contributed by atoms with Gasteiger partial charge in [-0.05, 0) is 24.2 Å². The molecular formula is C11H18N2O2. The number of aliphatic hydroxyl groups excluding tert-OH is 1. The van der Waals surface area contributed by atoms with E-state index in [0.29, 0.717) is 17.7 Å². The fraction of sp³-hybridized carbons (Fsp3) is 0.727. The number of aliphatic hydroxyl groups is 1. The van der Waals surface area contributed by atoms with E-state index in [1.807, 2.05) is 6.07 Å². The van der Waals surface area contributed by atoms with Crippen LogP contribution in [-0.2, 0) is 13.0 Å². The third kappa shape index (κ3) is 1.79. The van der Waals surface area contributed by atoms with Crippen molar-refractivity contribution in [2.24, 2.45) is 17.1 Å².